The van der Waals surface area contributed by atoms with Crippen molar-refractivity contribution in [2.24, 2.45) is 17.8 Å². The summed E-state index contributed by atoms with van der Waals surface area (Å²) in [5, 5.41) is 0. The first-order valence-corrected chi connectivity index (χ1v) is 7.20. The molecule has 0 saturated carbocycles. The van der Waals surface area contributed by atoms with Crippen LogP contribution in [0.25, 0.3) is 0 Å². The predicted molar refractivity (Wildman–Crippen MR) is 73.7 cm³/mol. The summed E-state index contributed by atoms with van der Waals surface area (Å²) in [5.74, 6) is 2.72. The Hall–Kier alpha value is -0.210. The number of alkyl halides is 3. The third kappa shape index (κ3) is 15.8. The van der Waals surface area contributed by atoms with Crippen molar-refractivity contribution < 1.29 is 13.2 Å². The molecule has 0 heterocycles. The Morgan fingerprint density at radius 2 is 1.17 bits per heavy atom. The summed E-state index contributed by atoms with van der Waals surface area (Å²) in [4.78, 5) is 0. The number of hydrogen-bond donors (Lipinski definition) is 0. The van der Waals surface area contributed by atoms with Crippen molar-refractivity contribution in [2.45, 2.75) is 79.8 Å². The van der Waals surface area contributed by atoms with Gasteiger partial charge >= 0.3 is 6.18 Å². The van der Waals surface area contributed by atoms with Gasteiger partial charge in [-0.15, -0.1) is 0 Å². The minimum atomic E-state index is -3.96. The normalized spacial score (nSPS) is 15.0. The van der Waals surface area contributed by atoms with E-state index in [9.17, 15) is 13.2 Å². The lowest BCUT2D eigenvalue weighted by atomic mass is 9.86. The van der Waals surface area contributed by atoms with Gasteiger partial charge < -0.3 is 0 Å². The Bertz CT molecular complexity index is 173. The molecule has 0 aliphatic rings. The van der Waals surface area contributed by atoms with Crippen molar-refractivity contribution in [3.05, 3.63) is 0 Å². The fourth-order valence-electron chi connectivity index (χ4n) is 1.62. The highest BCUT2D eigenvalue weighted by Gasteiger charge is 2.22. The van der Waals surface area contributed by atoms with Crippen molar-refractivity contribution >= 4 is 0 Å². The van der Waals surface area contributed by atoms with Gasteiger partial charge in [0.05, 0.1) is 0 Å². The molecule has 0 aromatic carbocycles. The van der Waals surface area contributed by atoms with Crippen molar-refractivity contribution in [3.8, 4) is 0 Å². The highest BCUT2D eigenvalue weighted by Crippen LogP contribution is 2.22. The first-order chi connectivity index (χ1) is 8.14. The maximum absolute atomic E-state index is 10.8. The molecule has 0 amide bonds. The van der Waals surface area contributed by atoms with Crippen LogP contribution in [0.15, 0.2) is 0 Å². The minimum Gasteiger partial charge on any atom is -0.171 e. The topological polar surface area (TPSA) is 0 Å². The van der Waals surface area contributed by atoms with E-state index in [-0.39, 0.29) is 0 Å². The third-order valence-electron chi connectivity index (χ3n) is 3.32. The van der Waals surface area contributed by atoms with E-state index in [1.807, 2.05) is 0 Å². The molecule has 18 heavy (non-hydrogen) atoms. The average Bonchev–Trinajstić information content (AvgIpc) is 2.26. The Balaban J connectivity index is 0. The first-order valence-electron chi connectivity index (χ1n) is 7.20. The van der Waals surface area contributed by atoms with Gasteiger partial charge in [0.2, 0.25) is 0 Å². The average molecular weight is 268 g/mol. The SMILES string of the molecule is CCC(F)(F)F.CCCC(C)C(C)CCC(C)C. The van der Waals surface area contributed by atoms with Crippen LogP contribution in [-0.2, 0) is 0 Å². The lowest BCUT2D eigenvalue weighted by Gasteiger charge is -2.19. The van der Waals surface area contributed by atoms with Crippen LogP contribution in [0.5, 0.6) is 0 Å². The van der Waals surface area contributed by atoms with Crippen LogP contribution in [0, 0.1) is 17.8 Å². The van der Waals surface area contributed by atoms with Crippen LogP contribution in [-0.4, -0.2) is 6.18 Å². The molecule has 0 rings (SSSR count). The molecule has 0 N–H and O–H groups in total. The molecule has 0 aliphatic heterocycles. The molecule has 0 fully saturated rings. The molecule has 0 aromatic heterocycles. The van der Waals surface area contributed by atoms with Gasteiger partial charge in [0.1, 0.15) is 0 Å². The predicted octanol–water partition coefficient (Wildman–Crippen LogP) is 6.45. The summed E-state index contributed by atoms with van der Waals surface area (Å²) in [6.07, 6.45) is 0.869. The zero-order chi connectivity index (χ0) is 14.8. The molecule has 0 nitrogen and oxygen atoms in total. The lowest BCUT2D eigenvalue weighted by molar-refractivity contribution is -0.130. The van der Waals surface area contributed by atoms with Gasteiger partial charge in [0.25, 0.3) is 0 Å². The molecular weight excluding hydrogens is 237 g/mol. The van der Waals surface area contributed by atoms with Gasteiger partial charge in [-0.3, -0.25) is 0 Å². The number of rotatable bonds is 6. The Morgan fingerprint density at radius 1 is 0.778 bits per heavy atom. The van der Waals surface area contributed by atoms with Gasteiger partial charge in [0, 0.05) is 6.42 Å². The fourth-order valence-corrected chi connectivity index (χ4v) is 1.62. The number of hydrogen-bond acceptors (Lipinski definition) is 0. The summed E-state index contributed by atoms with van der Waals surface area (Å²) in [7, 11) is 0. The molecule has 0 radical (unpaired) electrons. The quantitative estimate of drug-likeness (QED) is 0.519. The Kier molecular flexibility index (Phi) is 11.9. The zero-order valence-electron chi connectivity index (χ0n) is 12.9. The monoisotopic (exact) mass is 268 g/mol. The summed E-state index contributed by atoms with van der Waals surface area (Å²) >= 11 is 0. The maximum atomic E-state index is 10.8. The van der Waals surface area contributed by atoms with Crippen molar-refractivity contribution in [1.29, 1.82) is 0 Å². The molecule has 112 valence electrons. The zero-order valence-corrected chi connectivity index (χ0v) is 12.9. The van der Waals surface area contributed by atoms with E-state index >= 15 is 0 Å². The van der Waals surface area contributed by atoms with E-state index < -0.39 is 12.6 Å². The first kappa shape index (κ1) is 20.1. The second-order valence-corrected chi connectivity index (χ2v) is 5.68. The molecular formula is C15H31F3. The van der Waals surface area contributed by atoms with Crippen LogP contribution >= 0.6 is 0 Å². The van der Waals surface area contributed by atoms with E-state index in [2.05, 4.69) is 34.6 Å². The van der Waals surface area contributed by atoms with E-state index in [1.165, 1.54) is 25.7 Å². The van der Waals surface area contributed by atoms with Crippen LogP contribution in [0.4, 0.5) is 13.2 Å². The fraction of sp³-hybridized carbons (Fsp3) is 1.00. The summed E-state index contributed by atoms with van der Waals surface area (Å²) in [6.45, 7) is 12.8. The summed E-state index contributed by atoms with van der Waals surface area (Å²) in [6, 6.07) is 0. The standard InChI is InChI=1S/C12H26.C3H5F3/c1-6-7-11(4)12(5)9-8-10(2)3;1-2-3(4,5)6/h10-12H,6-9H2,1-5H3;2H2,1H3. The van der Waals surface area contributed by atoms with E-state index in [0.29, 0.717) is 0 Å². The summed E-state index contributed by atoms with van der Waals surface area (Å²) < 4.78 is 32.4. The lowest BCUT2D eigenvalue weighted by Crippen LogP contribution is -2.08. The Morgan fingerprint density at radius 3 is 1.44 bits per heavy atom. The van der Waals surface area contributed by atoms with Crippen LogP contribution < -0.4 is 0 Å². The second kappa shape index (κ2) is 10.7. The van der Waals surface area contributed by atoms with E-state index in [4.69, 9.17) is 0 Å². The van der Waals surface area contributed by atoms with Crippen molar-refractivity contribution in [1.82, 2.24) is 0 Å². The molecule has 3 heteroatoms. The second-order valence-electron chi connectivity index (χ2n) is 5.68. The molecule has 0 aromatic rings. The molecule has 2 unspecified atom stereocenters. The van der Waals surface area contributed by atoms with Crippen molar-refractivity contribution in [3.63, 3.8) is 0 Å². The smallest absolute Gasteiger partial charge is 0.171 e. The molecule has 0 bridgehead atoms. The van der Waals surface area contributed by atoms with Crippen LogP contribution in [0.3, 0.4) is 0 Å². The summed E-state index contributed by atoms with van der Waals surface area (Å²) in [5.41, 5.74) is 0. The molecule has 0 saturated heterocycles. The van der Waals surface area contributed by atoms with Gasteiger partial charge in [-0.2, -0.15) is 13.2 Å². The largest absolute Gasteiger partial charge is 0.388 e. The molecule has 2 atom stereocenters. The minimum absolute atomic E-state index is 0.729. The molecule has 0 spiro atoms. The highest BCUT2D eigenvalue weighted by molar-refractivity contribution is 4.62. The molecule has 0 aliphatic carbocycles. The van der Waals surface area contributed by atoms with Gasteiger partial charge in [-0.1, -0.05) is 67.2 Å². The Labute approximate surface area is 111 Å². The van der Waals surface area contributed by atoms with Crippen LogP contribution in [0.2, 0.25) is 0 Å². The van der Waals surface area contributed by atoms with Gasteiger partial charge in [-0.25, -0.2) is 0 Å². The third-order valence-corrected chi connectivity index (χ3v) is 3.32. The van der Waals surface area contributed by atoms with Gasteiger partial charge in [-0.05, 0) is 17.8 Å². The van der Waals surface area contributed by atoms with E-state index in [1.54, 1.807) is 0 Å². The van der Waals surface area contributed by atoms with E-state index in [0.717, 1.165) is 24.7 Å². The highest BCUT2D eigenvalue weighted by atomic mass is 19.4. The van der Waals surface area contributed by atoms with Gasteiger partial charge in [0.15, 0.2) is 0 Å². The number of halogens is 3. The maximum Gasteiger partial charge on any atom is 0.388 e. The van der Waals surface area contributed by atoms with Crippen LogP contribution in [0.1, 0.15) is 73.6 Å². The van der Waals surface area contributed by atoms with Crippen molar-refractivity contribution in [2.75, 3.05) is 0 Å².